The molecule has 126 valence electrons. The average Bonchev–Trinajstić information content (AvgIpc) is 2.89. The molecule has 0 radical (unpaired) electrons. The predicted molar refractivity (Wildman–Crippen MR) is 94.0 cm³/mol. The first-order valence-electron chi connectivity index (χ1n) is 7.00. The van der Waals surface area contributed by atoms with E-state index in [0.717, 1.165) is 15.0 Å². The lowest BCUT2D eigenvalue weighted by atomic mass is 10.2. The van der Waals surface area contributed by atoms with E-state index in [4.69, 9.17) is 16.3 Å². The van der Waals surface area contributed by atoms with Crippen molar-refractivity contribution in [1.29, 1.82) is 0 Å². The molecular weight excluding hydrogens is 352 g/mol. The number of rotatable bonds is 4. The summed E-state index contributed by atoms with van der Waals surface area (Å²) in [6.45, 7) is 1.37. The van der Waals surface area contributed by atoms with Crippen LogP contribution >= 0.6 is 22.9 Å². The summed E-state index contributed by atoms with van der Waals surface area (Å²) in [4.78, 5) is 35.1. The Balaban J connectivity index is 2.00. The van der Waals surface area contributed by atoms with Crippen LogP contribution in [0.25, 0.3) is 16.2 Å². The van der Waals surface area contributed by atoms with Crippen LogP contribution < -0.4 is 10.6 Å². The van der Waals surface area contributed by atoms with E-state index in [2.05, 4.69) is 5.32 Å². The Morgan fingerprint density at radius 3 is 2.67 bits per heavy atom. The molecule has 3 amide bonds. The minimum atomic E-state index is -1.10. The zero-order chi connectivity index (χ0) is 17.7. The molecule has 0 saturated carbocycles. The van der Waals surface area contributed by atoms with Crippen molar-refractivity contribution in [2.45, 2.75) is 13.0 Å². The maximum atomic E-state index is 11.8. The van der Waals surface area contributed by atoms with Crippen LogP contribution in [-0.4, -0.2) is 31.1 Å². The summed E-state index contributed by atoms with van der Waals surface area (Å²) in [7, 11) is 1.37. The number of amides is 3. The highest BCUT2D eigenvalue weighted by Gasteiger charge is 2.18. The van der Waals surface area contributed by atoms with Crippen LogP contribution in [0.2, 0.25) is 5.02 Å². The summed E-state index contributed by atoms with van der Waals surface area (Å²) in [5.41, 5.74) is 0. The number of carbonyl (C=O) groups is 3. The molecule has 0 fully saturated rings. The molecule has 2 N–H and O–H groups in total. The van der Waals surface area contributed by atoms with E-state index in [0.29, 0.717) is 5.02 Å². The van der Waals surface area contributed by atoms with Crippen molar-refractivity contribution in [3.8, 4) is 0 Å². The number of nitrogens with one attached hydrogen (secondary N) is 2. The molecule has 24 heavy (non-hydrogen) atoms. The highest BCUT2D eigenvalue weighted by atomic mass is 35.5. The molecule has 0 aliphatic heterocycles. The summed E-state index contributed by atoms with van der Waals surface area (Å²) in [5.74, 6) is -1.42. The normalized spacial score (nSPS) is 12.1. The van der Waals surface area contributed by atoms with E-state index in [1.165, 1.54) is 31.4 Å². The molecule has 0 bridgehead atoms. The topological polar surface area (TPSA) is 84.5 Å². The van der Waals surface area contributed by atoms with Gasteiger partial charge in [-0.2, -0.15) is 0 Å². The molecule has 1 aromatic carbocycles. The number of ether oxygens (including phenoxy) is 1. The van der Waals surface area contributed by atoms with Crippen molar-refractivity contribution in [2.75, 3.05) is 7.05 Å². The Morgan fingerprint density at radius 2 is 2.00 bits per heavy atom. The Bertz CT molecular complexity index is 816. The Kier molecular flexibility index (Phi) is 5.94. The standard InChI is InChI=1S/C16H15ClN2O4S/c1-9(15(21)19-16(22)18-2)23-13(20)8-7-12-14(17)10-5-3-4-6-11(10)24-12/h3-9H,1-2H3,(H2,18,19,21,22)/b8-7+/t9-/m1/s1. The highest BCUT2D eigenvalue weighted by molar-refractivity contribution is 7.20. The Morgan fingerprint density at radius 1 is 1.29 bits per heavy atom. The van der Waals surface area contributed by atoms with E-state index < -0.39 is 24.0 Å². The molecule has 1 aromatic heterocycles. The van der Waals surface area contributed by atoms with Gasteiger partial charge in [0.25, 0.3) is 5.91 Å². The molecule has 6 nitrogen and oxygen atoms in total. The maximum absolute atomic E-state index is 11.8. The molecule has 0 saturated heterocycles. The summed E-state index contributed by atoms with van der Waals surface area (Å²) < 4.78 is 5.95. The summed E-state index contributed by atoms with van der Waals surface area (Å²) in [6, 6.07) is 6.95. The Labute approximate surface area is 147 Å². The van der Waals surface area contributed by atoms with E-state index in [-0.39, 0.29) is 0 Å². The number of urea groups is 1. The maximum Gasteiger partial charge on any atom is 0.331 e. The predicted octanol–water partition coefficient (Wildman–Crippen LogP) is 2.96. The van der Waals surface area contributed by atoms with Gasteiger partial charge in [0, 0.05) is 28.1 Å². The Hall–Kier alpha value is -2.38. The summed E-state index contributed by atoms with van der Waals surface area (Å²) >= 11 is 7.71. The number of hydrogen-bond acceptors (Lipinski definition) is 5. The molecule has 8 heteroatoms. The second-order valence-corrected chi connectivity index (χ2v) is 6.22. The minimum Gasteiger partial charge on any atom is -0.449 e. The van der Waals surface area contributed by atoms with Gasteiger partial charge in [-0.05, 0) is 19.1 Å². The van der Waals surface area contributed by atoms with Gasteiger partial charge in [0.05, 0.1) is 5.02 Å². The minimum absolute atomic E-state index is 0.560. The van der Waals surface area contributed by atoms with Crippen LogP contribution in [0.1, 0.15) is 11.8 Å². The van der Waals surface area contributed by atoms with Crippen LogP contribution in [0.15, 0.2) is 30.3 Å². The van der Waals surface area contributed by atoms with Crippen molar-refractivity contribution >= 4 is 57.0 Å². The van der Waals surface area contributed by atoms with Gasteiger partial charge in [-0.1, -0.05) is 29.8 Å². The van der Waals surface area contributed by atoms with E-state index in [1.54, 1.807) is 6.08 Å². The van der Waals surface area contributed by atoms with Gasteiger partial charge >= 0.3 is 12.0 Å². The number of carbonyl (C=O) groups excluding carboxylic acids is 3. The van der Waals surface area contributed by atoms with E-state index in [1.807, 2.05) is 29.6 Å². The fourth-order valence-corrected chi connectivity index (χ4v) is 3.23. The van der Waals surface area contributed by atoms with Gasteiger partial charge in [-0.15, -0.1) is 11.3 Å². The molecule has 0 aliphatic carbocycles. The second-order valence-electron chi connectivity index (χ2n) is 4.76. The molecular formula is C16H15ClN2O4S. The van der Waals surface area contributed by atoms with Gasteiger partial charge in [0.15, 0.2) is 6.10 Å². The van der Waals surface area contributed by atoms with Crippen molar-refractivity contribution in [3.63, 3.8) is 0 Å². The van der Waals surface area contributed by atoms with E-state index >= 15 is 0 Å². The monoisotopic (exact) mass is 366 g/mol. The molecule has 0 spiro atoms. The second kappa shape index (κ2) is 7.94. The van der Waals surface area contributed by atoms with Gasteiger partial charge in [0.1, 0.15) is 0 Å². The quantitative estimate of drug-likeness (QED) is 0.643. The lowest BCUT2D eigenvalue weighted by molar-refractivity contribution is -0.149. The van der Waals surface area contributed by atoms with Crippen molar-refractivity contribution in [2.24, 2.45) is 0 Å². The number of imide groups is 1. The third-order valence-corrected chi connectivity index (χ3v) is 4.71. The molecule has 1 heterocycles. The number of benzene rings is 1. The zero-order valence-electron chi connectivity index (χ0n) is 13.0. The number of hydrogen-bond donors (Lipinski definition) is 2. The SMILES string of the molecule is CNC(=O)NC(=O)[C@@H](C)OC(=O)/C=C/c1sc2ccccc2c1Cl. The number of fused-ring (bicyclic) bond motifs is 1. The lowest BCUT2D eigenvalue weighted by Gasteiger charge is -2.10. The van der Waals surface area contributed by atoms with Crippen LogP contribution in [-0.2, 0) is 14.3 Å². The largest absolute Gasteiger partial charge is 0.449 e. The van der Waals surface area contributed by atoms with Crippen molar-refractivity contribution in [1.82, 2.24) is 10.6 Å². The van der Waals surface area contributed by atoms with Gasteiger partial charge in [0.2, 0.25) is 0 Å². The highest BCUT2D eigenvalue weighted by Crippen LogP contribution is 2.35. The van der Waals surface area contributed by atoms with Crippen LogP contribution in [0.5, 0.6) is 0 Å². The smallest absolute Gasteiger partial charge is 0.331 e. The molecule has 0 aliphatic rings. The van der Waals surface area contributed by atoms with Crippen LogP contribution in [0.4, 0.5) is 4.79 Å². The molecule has 0 unspecified atom stereocenters. The fraction of sp³-hybridized carbons (Fsp3) is 0.188. The third-order valence-electron chi connectivity index (χ3n) is 3.06. The average molecular weight is 367 g/mol. The van der Waals surface area contributed by atoms with E-state index in [9.17, 15) is 14.4 Å². The fourth-order valence-electron chi connectivity index (χ4n) is 1.83. The molecule has 1 atom stereocenters. The number of esters is 1. The third kappa shape index (κ3) is 4.33. The first-order chi connectivity index (χ1) is 11.4. The van der Waals surface area contributed by atoms with Gasteiger partial charge in [-0.25, -0.2) is 9.59 Å². The molecule has 2 rings (SSSR count). The van der Waals surface area contributed by atoms with Crippen molar-refractivity contribution in [3.05, 3.63) is 40.2 Å². The van der Waals surface area contributed by atoms with Crippen LogP contribution in [0, 0.1) is 0 Å². The van der Waals surface area contributed by atoms with Gasteiger partial charge in [-0.3, -0.25) is 10.1 Å². The van der Waals surface area contributed by atoms with Gasteiger partial charge < -0.3 is 10.1 Å². The number of halogens is 1. The first-order valence-corrected chi connectivity index (χ1v) is 8.20. The molecule has 2 aromatic rings. The lowest BCUT2D eigenvalue weighted by Crippen LogP contribution is -2.43. The summed E-state index contributed by atoms with van der Waals surface area (Å²) in [5, 5.41) is 5.73. The zero-order valence-corrected chi connectivity index (χ0v) is 14.5. The number of thiophene rings is 1. The van der Waals surface area contributed by atoms with Crippen LogP contribution in [0.3, 0.4) is 0 Å². The summed E-state index contributed by atoms with van der Waals surface area (Å²) in [6.07, 6.45) is 1.64. The van der Waals surface area contributed by atoms with Crippen molar-refractivity contribution < 1.29 is 19.1 Å². The first kappa shape index (κ1) is 18.0.